The van der Waals surface area contributed by atoms with Crippen molar-refractivity contribution >= 4 is 5.97 Å². The molecule has 0 aliphatic rings. The summed E-state index contributed by atoms with van der Waals surface area (Å²) in [5, 5.41) is 21.9. The molecule has 30 heavy (non-hydrogen) atoms. The van der Waals surface area contributed by atoms with Gasteiger partial charge >= 0.3 is 5.97 Å². The van der Waals surface area contributed by atoms with E-state index in [9.17, 15) is 15.0 Å². The summed E-state index contributed by atoms with van der Waals surface area (Å²) >= 11 is 0. The monoisotopic (exact) mass is 404 g/mol. The van der Waals surface area contributed by atoms with Crippen molar-refractivity contribution in [3.8, 4) is 0 Å². The molecule has 3 rings (SSSR count). The van der Waals surface area contributed by atoms with Gasteiger partial charge in [-0.3, -0.25) is 0 Å². The van der Waals surface area contributed by atoms with Crippen molar-refractivity contribution < 1.29 is 24.2 Å². The lowest BCUT2D eigenvalue weighted by Crippen LogP contribution is -2.13. The van der Waals surface area contributed by atoms with Crippen LogP contribution in [0.2, 0.25) is 0 Å². The van der Waals surface area contributed by atoms with E-state index in [1.165, 1.54) is 6.26 Å². The molecule has 0 bridgehead atoms. The number of carbonyl (C=O) groups is 1. The highest BCUT2D eigenvalue weighted by Gasteiger charge is 2.25. The maximum atomic E-state index is 12.6. The molecule has 2 atom stereocenters. The van der Waals surface area contributed by atoms with Crippen LogP contribution in [0.3, 0.4) is 0 Å². The minimum atomic E-state index is -1.28. The number of carbonyl (C=O) groups excluding carboxylic acids is 1. The lowest BCUT2D eigenvalue weighted by molar-refractivity contribution is -0.138. The summed E-state index contributed by atoms with van der Waals surface area (Å²) in [7, 11) is 0. The van der Waals surface area contributed by atoms with Gasteiger partial charge in [0.2, 0.25) is 0 Å². The van der Waals surface area contributed by atoms with Crippen LogP contribution in [-0.4, -0.2) is 22.8 Å². The second-order valence-electron chi connectivity index (χ2n) is 6.67. The van der Waals surface area contributed by atoms with Crippen LogP contribution in [0.15, 0.2) is 100 Å². The Morgan fingerprint density at radius 1 is 0.967 bits per heavy atom. The second kappa shape index (κ2) is 10.4. The van der Waals surface area contributed by atoms with E-state index in [1.807, 2.05) is 36.4 Å². The van der Waals surface area contributed by atoms with Gasteiger partial charge in [-0.2, -0.15) is 0 Å². The van der Waals surface area contributed by atoms with Crippen molar-refractivity contribution in [3.05, 3.63) is 113 Å². The fourth-order valence-corrected chi connectivity index (χ4v) is 3.06. The normalized spacial score (nSPS) is 12.5. The van der Waals surface area contributed by atoms with Gasteiger partial charge in [0.15, 0.2) is 0 Å². The maximum Gasteiger partial charge on any atom is 0.342 e. The first-order valence-corrected chi connectivity index (χ1v) is 9.75. The largest absolute Gasteiger partial charge is 0.466 e. The van der Waals surface area contributed by atoms with Crippen molar-refractivity contribution in [2.45, 2.75) is 25.6 Å². The van der Waals surface area contributed by atoms with E-state index < -0.39 is 18.2 Å². The standard InChI is InChI=1S/C25H24O5/c1-2-29-25(28)20(16-18-10-5-3-6-11-18)17-21(24(27)22-14-9-15-30-22)23(26)19-12-7-4-8-13-19/h3-15,23-24,26-27H,2,16H2,1H3. The Morgan fingerprint density at radius 2 is 1.63 bits per heavy atom. The Balaban J connectivity index is 2.14. The molecular formula is C25H24O5. The van der Waals surface area contributed by atoms with Gasteiger partial charge in [0.05, 0.1) is 18.4 Å². The van der Waals surface area contributed by atoms with Crippen molar-refractivity contribution in [2.24, 2.45) is 0 Å². The van der Waals surface area contributed by atoms with Crippen LogP contribution in [0.25, 0.3) is 0 Å². The molecule has 2 aromatic carbocycles. The number of ether oxygens (including phenoxy) is 1. The Morgan fingerprint density at radius 3 is 2.23 bits per heavy atom. The number of rotatable bonds is 8. The quantitative estimate of drug-likeness (QED) is 0.332. The Bertz CT molecular complexity index is 1000. The summed E-state index contributed by atoms with van der Waals surface area (Å²) in [4.78, 5) is 12.6. The van der Waals surface area contributed by atoms with E-state index in [4.69, 9.17) is 9.15 Å². The molecule has 0 radical (unpaired) electrons. The molecule has 1 heterocycles. The molecule has 2 unspecified atom stereocenters. The summed E-state index contributed by atoms with van der Waals surface area (Å²) in [5.41, 5.74) is 4.73. The molecule has 0 saturated carbocycles. The van der Waals surface area contributed by atoms with Gasteiger partial charge in [-0.05, 0) is 30.2 Å². The van der Waals surface area contributed by atoms with E-state index in [2.05, 4.69) is 5.73 Å². The Kier molecular flexibility index (Phi) is 7.41. The number of aliphatic hydroxyl groups excluding tert-OH is 2. The zero-order chi connectivity index (χ0) is 21.3. The van der Waals surface area contributed by atoms with Gasteiger partial charge in [0.1, 0.15) is 18.0 Å². The SMILES string of the molecule is CCOC(=O)C(=C=C(C(O)c1ccccc1)C(O)c1ccco1)Cc1ccccc1. The van der Waals surface area contributed by atoms with Gasteiger partial charge in [0.25, 0.3) is 0 Å². The average molecular weight is 404 g/mol. The molecule has 5 nitrogen and oxygen atoms in total. The summed E-state index contributed by atoms with van der Waals surface area (Å²) in [6.45, 7) is 1.93. The zero-order valence-corrected chi connectivity index (χ0v) is 16.7. The number of hydrogen-bond donors (Lipinski definition) is 2. The van der Waals surface area contributed by atoms with E-state index in [1.54, 1.807) is 43.3 Å². The van der Waals surface area contributed by atoms with Crippen LogP contribution in [0, 0.1) is 0 Å². The molecule has 0 aliphatic carbocycles. The first-order valence-electron chi connectivity index (χ1n) is 9.75. The van der Waals surface area contributed by atoms with Crippen molar-refractivity contribution in [1.29, 1.82) is 0 Å². The number of benzene rings is 2. The van der Waals surface area contributed by atoms with Crippen LogP contribution in [0.1, 0.15) is 36.0 Å². The molecule has 2 N–H and O–H groups in total. The molecule has 154 valence electrons. The molecule has 0 amide bonds. The lowest BCUT2D eigenvalue weighted by Gasteiger charge is -2.18. The summed E-state index contributed by atoms with van der Waals surface area (Å²) in [6, 6.07) is 21.5. The third-order valence-electron chi connectivity index (χ3n) is 4.56. The smallest absolute Gasteiger partial charge is 0.342 e. The van der Waals surface area contributed by atoms with E-state index in [0.29, 0.717) is 5.56 Å². The van der Waals surface area contributed by atoms with Crippen LogP contribution in [0.4, 0.5) is 0 Å². The molecule has 0 fully saturated rings. The summed E-state index contributed by atoms with van der Waals surface area (Å²) in [6.07, 6.45) is -0.789. The van der Waals surface area contributed by atoms with E-state index in [-0.39, 0.29) is 29.9 Å². The minimum absolute atomic E-state index is 0.107. The van der Waals surface area contributed by atoms with Gasteiger partial charge in [-0.25, -0.2) is 4.79 Å². The predicted molar refractivity (Wildman–Crippen MR) is 112 cm³/mol. The predicted octanol–water partition coefficient (Wildman–Crippen LogP) is 4.30. The molecule has 0 spiro atoms. The van der Waals surface area contributed by atoms with Crippen molar-refractivity contribution in [3.63, 3.8) is 0 Å². The van der Waals surface area contributed by atoms with Gasteiger partial charge < -0.3 is 19.4 Å². The van der Waals surface area contributed by atoms with E-state index in [0.717, 1.165) is 5.56 Å². The number of furan rings is 1. The van der Waals surface area contributed by atoms with Gasteiger partial charge in [0, 0.05) is 12.0 Å². The third-order valence-corrected chi connectivity index (χ3v) is 4.56. The fourth-order valence-electron chi connectivity index (χ4n) is 3.06. The summed E-state index contributed by atoms with van der Waals surface area (Å²) in [5.74, 6) is -0.304. The highest BCUT2D eigenvalue weighted by Crippen LogP contribution is 2.32. The van der Waals surface area contributed by atoms with E-state index >= 15 is 0 Å². The average Bonchev–Trinajstić information content (AvgIpc) is 3.32. The topological polar surface area (TPSA) is 79.9 Å². The van der Waals surface area contributed by atoms with Gasteiger partial charge in [-0.15, -0.1) is 5.73 Å². The maximum absolute atomic E-state index is 12.6. The first kappa shape index (κ1) is 21.3. The van der Waals surface area contributed by atoms with Crippen molar-refractivity contribution in [1.82, 2.24) is 0 Å². The first-order chi connectivity index (χ1) is 14.6. The highest BCUT2D eigenvalue weighted by molar-refractivity contribution is 5.88. The molecular weight excluding hydrogens is 380 g/mol. The highest BCUT2D eigenvalue weighted by atomic mass is 16.5. The second-order valence-corrected chi connectivity index (χ2v) is 6.67. The van der Waals surface area contributed by atoms with Crippen LogP contribution >= 0.6 is 0 Å². The Labute approximate surface area is 175 Å². The van der Waals surface area contributed by atoms with Crippen molar-refractivity contribution in [2.75, 3.05) is 6.61 Å². The minimum Gasteiger partial charge on any atom is -0.466 e. The van der Waals surface area contributed by atoms with Crippen LogP contribution in [-0.2, 0) is 16.0 Å². The number of aliphatic hydroxyl groups is 2. The molecule has 0 aliphatic heterocycles. The Hall–Kier alpha value is -3.37. The summed E-state index contributed by atoms with van der Waals surface area (Å²) < 4.78 is 10.5. The lowest BCUT2D eigenvalue weighted by atomic mass is 9.94. The molecule has 0 saturated heterocycles. The molecule has 1 aromatic heterocycles. The zero-order valence-electron chi connectivity index (χ0n) is 16.7. The number of esters is 1. The van der Waals surface area contributed by atoms with Crippen LogP contribution in [0.5, 0.6) is 0 Å². The molecule has 3 aromatic rings. The number of hydrogen-bond acceptors (Lipinski definition) is 5. The fraction of sp³-hybridized carbons (Fsp3) is 0.200. The third kappa shape index (κ3) is 5.37. The van der Waals surface area contributed by atoms with Crippen LogP contribution < -0.4 is 0 Å². The van der Waals surface area contributed by atoms with Gasteiger partial charge in [-0.1, -0.05) is 60.7 Å². The molecule has 5 heteroatoms.